The van der Waals surface area contributed by atoms with Gasteiger partial charge in [0.1, 0.15) is 0 Å². The smallest absolute Gasteiger partial charge is 0.336 e. The highest BCUT2D eigenvalue weighted by Gasteiger charge is 2.15. The summed E-state index contributed by atoms with van der Waals surface area (Å²) in [6.07, 6.45) is 0. The van der Waals surface area contributed by atoms with Gasteiger partial charge in [0.2, 0.25) is 5.91 Å². The Bertz CT molecular complexity index is 765. The molecule has 0 unspecified atom stereocenters. The molecule has 0 heterocycles. The molecule has 0 spiro atoms. The van der Waals surface area contributed by atoms with E-state index < -0.39 is 11.9 Å². The molecule has 126 valence electrons. The number of anilines is 3. The highest BCUT2D eigenvalue weighted by molar-refractivity contribution is 7.82. The molecule has 6 nitrogen and oxygen atoms in total. The molecular weight excluding hydrogens is 348 g/mol. The molecular formula is C16H17ClN4O2S. The minimum Gasteiger partial charge on any atom is -0.376 e. The molecule has 0 atom stereocenters. The lowest BCUT2D eigenvalue weighted by Gasteiger charge is -2.21. The van der Waals surface area contributed by atoms with Crippen molar-refractivity contribution in [3.05, 3.63) is 53.1 Å². The van der Waals surface area contributed by atoms with Crippen LogP contribution in [0.15, 0.2) is 42.5 Å². The van der Waals surface area contributed by atoms with Gasteiger partial charge in [-0.25, -0.2) is 9.10 Å². The van der Waals surface area contributed by atoms with E-state index in [-0.39, 0.29) is 0 Å². The number of urea groups is 1. The highest BCUT2D eigenvalue weighted by Crippen LogP contribution is 2.29. The first-order valence-corrected chi connectivity index (χ1v) is 7.74. The number of rotatable bonds is 4. The zero-order valence-corrected chi connectivity index (χ0v) is 14.8. The van der Waals surface area contributed by atoms with Crippen LogP contribution in [-0.4, -0.2) is 26.0 Å². The van der Waals surface area contributed by atoms with Crippen LogP contribution in [0.5, 0.6) is 0 Å². The van der Waals surface area contributed by atoms with Crippen molar-refractivity contribution in [2.24, 2.45) is 5.73 Å². The number of benzene rings is 2. The maximum atomic E-state index is 12.4. The number of amides is 3. The fraction of sp³-hybridized carbons (Fsp3) is 0.125. The van der Waals surface area contributed by atoms with Crippen LogP contribution >= 0.6 is 24.4 Å². The summed E-state index contributed by atoms with van der Waals surface area (Å²) < 4.78 is 1.13. The van der Waals surface area contributed by atoms with Crippen LogP contribution in [0.2, 0.25) is 5.02 Å². The first-order valence-electron chi connectivity index (χ1n) is 6.96. The van der Waals surface area contributed by atoms with Gasteiger partial charge < -0.3 is 16.0 Å². The number of nitrogens with zero attached hydrogens (tertiary/aromatic N) is 2. The van der Waals surface area contributed by atoms with Crippen LogP contribution in [0.25, 0.3) is 0 Å². The Kier molecular flexibility index (Phi) is 5.58. The van der Waals surface area contributed by atoms with E-state index in [0.29, 0.717) is 22.0 Å². The Labute approximate surface area is 150 Å². The molecule has 0 aromatic heterocycles. The number of carbonyl (C=O) groups excluding carboxylic acids is 2. The molecule has 2 rings (SSSR count). The second-order valence-electron chi connectivity index (χ2n) is 5.21. The molecule has 2 aromatic carbocycles. The topological polar surface area (TPSA) is 78.7 Å². The van der Waals surface area contributed by atoms with Crippen LogP contribution in [0.4, 0.5) is 21.9 Å². The van der Waals surface area contributed by atoms with Gasteiger partial charge in [-0.1, -0.05) is 24.4 Å². The van der Waals surface area contributed by atoms with E-state index in [4.69, 9.17) is 17.3 Å². The number of carbonyl (C=O) groups is 2. The monoisotopic (exact) mass is 364 g/mol. The number of hydrogen-bond donors (Lipinski definition) is 3. The van der Waals surface area contributed by atoms with Crippen molar-refractivity contribution in [3.8, 4) is 0 Å². The summed E-state index contributed by atoms with van der Waals surface area (Å²) in [6.45, 7) is 0. The van der Waals surface area contributed by atoms with Gasteiger partial charge in [0, 0.05) is 24.7 Å². The Morgan fingerprint density at radius 2 is 1.75 bits per heavy atom. The number of thiol groups is 1. The van der Waals surface area contributed by atoms with Crippen molar-refractivity contribution in [3.63, 3.8) is 0 Å². The van der Waals surface area contributed by atoms with Gasteiger partial charge in [0.15, 0.2) is 0 Å². The van der Waals surface area contributed by atoms with E-state index in [2.05, 4.69) is 18.1 Å². The van der Waals surface area contributed by atoms with E-state index in [0.717, 1.165) is 9.99 Å². The molecule has 0 saturated carbocycles. The molecule has 0 radical (unpaired) electrons. The molecule has 0 bridgehead atoms. The molecule has 0 aliphatic rings. The molecule has 2 aromatic rings. The molecule has 0 aliphatic heterocycles. The third-order valence-corrected chi connectivity index (χ3v) is 3.92. The summed E-state index contributed by atoms with van der Waals surface area (Å²) >= 11 is 10.2. The standard InChI is InChI=1S/C16H17ClN4O2S/c1-20(2)14-8-5-11(17)9-13(14)19-16(23)21(24)12-6-3-10(4-7-12)15(18)22/h3-9,24H,1-2H3,(H2,18,22)(H,19,23). The molecule has 8 heteroatoms. The minimum atomic E-state index is -0.536. The van der Waals surface area contributed by atoms with Crippen molar-refractivity contribution in [2.75, 3.05) is 28.6 Å². The predicted octanol–water partition coefficient (Wildman–Crippen LogP) is 3.39. The predicted molar refractivity (Wildman–Crippen MR) is 101 cm³/mol. The van der Waals surface area contributed by atoms with E-state index in [9.17, 15) is 9.59 Å². The fourth-order valence-corrected chi connectivity index (χ4v) is 2.41. The van der Waals surface area contributed by atoms with Crippen molar-refractivity contribution in [1.82, 2.24) is 0 Å². The summed E-state index contributed by atoms with van der Waals surface area (Å²) in [5.41, 5.74) is 7.40. The average Bonchev–Trinajstić information content (AvgIpc) is 2.54. The summed E-state index contributed by atoms with van der Waals surface area (Å²) in [7, 11) is 3.72. The maximum absolute atomic E-state index is 12.4. The Hall–Kier alpha value is -2.38. The number of nitrogens with one attached hydrogen (secondary N) is 1. The van der Waals surface area contributed by atoms with E-state index in [1.807, 2.05) is 25.1 Å². The van der Waals surface area contributed by atoms with E-state index >= 15 is 0 Å². The zero-order chi connectivity index (χ0) is 17.9. The second-order valence-corrected chi connectivity index (χ2v) is 6.05. The van der Waals surface area contributed by atoms with Gasteiger partial charge >= 0.3 is 6.03 Å². The number of nitrogens with two attached hydrogens (primary N) is 1. The third kappa shape index (κ3) is 4.12. The molecule has 3 N–H and O–H groups in total. The number of primary amides is 1. The van der Waals surface area contributed by atoms with Crippen molar-refractivity contribution >= 4 is 53.4 Å². The minimum absolute atomic E-state index is 0.352. The quantitative estimate of drug-likeness (QED) is 0.727. The summed E-state index contributed by atoms with van der Waals surface area (Å²) in [6, 6.07) is 11.0. The van der Waals surface area contributed by atoms with Gasteiger partial charge in [-0.15, -0.1) is 0 Å². The van der Waals surface area contributed by atoms with Crippen LogP contribution in [0, 0.1) is 0 Å². The summed E-state index contributed by atoms with van der Waals surface area (Å²) in [4.78, 5) is 25.3. The van der Waals surface area contributed by atoms with Gasteiger partial charge in [0.25, 0.3) is 0 Å². The van der Waals surface area contributed by atoms with Crippen LogP contribution in [0.3, 0.4) is 0 Å². The Balaban J connectivity index is 2.20. The van der Waals surface area contributed by atoms with Crippen LogP contribution in [-0.2, 0) is 0 Å². The fourth-order valence-electron chi connectivity index (χ4n) is 2.05. The molecule has 0 fully saturated rings. The zero-order valence-electron chi connectivity index (χ0n) is 13.2. The van der Waals surface area contributed by atoms with Crippen LogP contribution < -0.4 is 20.3 Å². The van der Waals surface area contributed by atoms with Gasteiger partial charge in [-0.2, -0.15) is 0 Å². The summed E-state index contributed by atoms with van der Waals surface area (Å²) in [5, 5.41) is 3.27. The SMILES string of the molecule is CN(C)c1ccc(Cl)cc1NC(=O)N(S)c1ccc(C(N)=O)cc1. The average molecular weight is 365 g/mol. The van der Waals surface area contributed by atoms with Gasteiger partial charge in [0.05, 0.1) is 17.1 Å². The second kappa shape index (κ2) is 7.46. The third-order valence-electron chi connectivity index (χ3n) is 3.27. The number of hydrogen-bond acceptors (Lipinski definition) is 4. The Morgan fingerprint density at radius 3 is 2.29 bits per heavy atom. The number of halogens is 1. The lowest BCUT2D eigenvalue weighted by atomic mass is 10.2. The molecule has 0 saturated heterocycles. The first-order chi connectivity index (χ1) is 11.3. The lowest BCUT2D eigenvalue weighted by Crippen LogP contribution is -2.27. The van der Waals surface area contributed by atoms with Crippen LogP contribution in [0.1, 0.15) is 10.4 Å². The highest BCUT2D eigenvalue weighted by atomic mass is 35.5. The van der Waals surface area contributed by atoms with Gasteiger partial charge in [-0.3, -0.25) is 4.79 Å². The van der Waals surface area contributed by atoms with Gasteiger partial charge in [-0.05, 0) is 42.5 Å². The van der Waals surface area contributed by atoms with E-state index in [1.54, 1.807) is 24.3 Å². The largest absolute Gasteiger partial charge is 0.376 e. The molecule has 3 amide bonds. The Morgan fingerprint density at radius 1 is 1.12 bits per heavy atom. The van der Waals surface area contributed by atoms with Crippen molar-refractivity contribution < 1.29 is 9.59 Å². The molecule has 24 heavy (non-hydrogen) atoms. The maximum Gasteiger partial charge on any atom is 0.336 e. The van der Waals surface area contributed by atoms with E-state index in [1.165, 1.54) is 12.1 Å². The van der Waals surface area contributed by atoms with Crippen molar-refractivity contribution in [2.45, 2.75) is 0 Å². The summed E-state index contributed by atoms with van der Waals surface area (Å²) in [5.74, 6) is -0.536. The lowest BCUT2D eigenvalue weighted by molar-refractivity contribution is 0.100. The molecule has 0 aliphatic carbocycles. The van der Waals surface area contributed by atoms with Crippen molar-refractivity contribution in [1.29, 1.82) is 0 Å². The first kappa shape index (κ1) is 18.0. The normalized spacial score (nSPS) is 10.2.